The highest BCUT2D eigenvalue weighted by atomic mass is 19.4. The molecule has 0 amide bonds. The second kappa shape index (κ2) is 5.19. The summed E-state index contributed by atoms with van der Waals surface area (Å²) in [4.78, 5) is 0. The molecule has 0 saturated carbocycles. The van der Waals surface area contributed by atoms with Crippen molar-refractivity contribution in [2.45, 2.75) is 25.6 Å². The van der Waals surface area contributed by atoms with Crippen LogP contribution in [0.3, 0.4) is 0 Å². The summed E-state index contributed by atoms with van der Waals surface area (Å²) in [6, 6.07) is 13.8. The normalized spacial score (nSPS) is 14.7. The maximum Gasteiger partial charge on any atom is 0.401 e. The van der Waals surface area contributed by atoms with Gasteiger partial charge in [-0.2, -0.15) is 13.2 Å². The van der Waals surface area contributed by atoms with Crippen LogP contribution in [0.15, 0.2) is 42.5 Å². The average molecular weight is 291 g/mol. The number of rotatable bonds is 3. The number of nitrogens with one attached hydrogen (secondary N) is 1. The van der Waals surface area contributed by atoms with Gasteiger partial charge in [-0.05, 0) is 41.2 Å². The van der Waals surface area contributed by atoms with E-state index < -0.39 is 12.7 Å². The summed E-state index contributed by atoms with van der Waals surface area (Å²) in [6.07, 6.45) is -3.33. The first-order valence-electron chi connectivity index (χ1n) is 6.95. The number of alkyl halides is 3. The van der Waals surface area contributed by atoms with Gasteiger partial charge in [0.25, 0.3) is 0 Å². The molecule has 1 nitrogen and oxygen atoms in total. The first kappa shape index (κ1) is 14.1. The lowest BCUT2D eigenvalue weighted by Gasteiger charge is -2.16. The van der Waals surface area contributed by atoms with E-state index in [4.69, 9.17) is 0 Å². The van der Waals surface area contributed by atoms with Crippen LogP contribution in [0.4, 0.5) is 13.2 Å². The molecule has 0 aliphatic heterocycles. The van der Waals surface area contributed by atoms with Crippen LogP contribution in [0.1, 0.15) is 29.7 Å². The zero-order chi connectivity index (χ0) is 15.0. The summed E-state index contributed by atoms with van der Waals surface area (Å²) in [5, 5.41) is 2.53. The van der Waals surface area contributed by atoms with Crippen molar-refractivity contribution in [3.63, 3.8) is 0 Å². The highest BCUT2D eigenvalue weighted by Gasteiger charge is 2.27. The maximum absolute atomic E-state index is 12.3. The zero-order valence-corrected chi connectivity index (χ0v) is 11.7. The molecule has 3 rings (SSSR count). The van der Waals surface area contributed by atoms with Gasteiger partial charge in [-0.1, -0.05) is 42.5 Å². The molecular weight excluding hydrogens is 275 g/mol. The molecule has 2 aromatic rings. The van der Waals surface area contributed by atoms with E-state index >= 15 is 0 Å². The smallest absolute Gasteiger partial charge is 0.302 e. The van der Waals surface area contributed by atoms with E-state index in [0.717, 1.165) is 12.0 Å². The van der Waals surface area contributed by atoms with Gasteiger partial charge in [0.1, 0.15) is 0 Å². The zero-order valence-electron chi connectivity index (χ0n) is 11.7. The van der Waals surface area contributed by atoms with Gasteiger partial charge < -0.3 is 5.32 Å². The minimum Gasteiger partial charge on any atom is -0.302 e. The Kier molecular flexibility index (Phi) is 3.49. The molecule has 4 heteroatoms. The number of fused-ring (bicyclic) bond motifs is 3. The van der Waals surface area contributed by atoms with Crippen molar-refractivity contribution in [3.8, 4) is 11.1 Å². The fraction of sp³-hybridized carbons (Fsp3) is 0.294. The summed E-state index contributed by atoms with van der Waals surface area (Å²) in [6.45, 7) is 0.793. The second-order valence-electron chi connectivity index (χ2n) is 5.47. The molecule has 0 spiro atoms. The van der Waals surface area contributed by atoms with Crippen molar-refractivity contribution < 1.29 is 13.2 Å². The van der Waals surface area contributed by atoms with E-state index in [1.54, 1.807) is 6.92 Å². The Hall–Kier alpha value is -1.81. The Balaban J connectivity index is 1.81. The first-order chi connectivity index (χ1) is 9.94. The summed E-state index contributed by atoms with van der Waals surface area (Å²) < 4.78 is 36.8. The lowest BCUT2D eigenvalue weighted by atomic mass is 10.0. The van der Waals surface area contributed by atoms with Crippen molar-refractivity contribution >= 4 is 0 Å². The lowest BCUT2D eigenvalue weighted by Crippen LogP contribution is -2.30. The third-order valence-electron chi connectivity index (χ3n) is 3.93. The summed E-state index contributed by atoms with van der Waals surface area (Å²) in [5.41, 5.74) is 5.79. The predicted octanol–water partition coefficient (Wildman–Crippen LogP) is 4.47. The number of hydrogen-bond acceptors (Lipinski definition) is 1. The molecule has 0 bridgehead atoms. The van der Waals surface area contributed by atoms with Crippen molar-refractivity contribution in [3.05, 3.63) is 59.2 Å². The van der Waals surface area contributed by atoms with Gasteiger partial charge >= 0.3 is 6.18 Å². The van der Waals surface area contributed by atoms with Crippen molar-refractivity contribution in [2.75, 3.05) is 6.54 Å². The Morgan fingerprint density at radius 2 is 1.76 bits per heavy atom. The highest BCUT2D eigenvalue weighted by molar-refractivity contribution is 5.76. The first-order valence-corrected chi connectivity index (χ1v) is 6.95. The number of halogens is 3. The van der Waals surface area contributed by atoms with E-state index in [2.05, 4.69) is 17.4 Å². The quantitative estimate of drug-likeness (QED) is 0.750. The molecule has 21 heavy (non-hydrogen) atoms. The predicted molar refractivity (Wildman–Crippen MR) is 77.2 cm³/mol. The van der Waals surface area contributed by atoms with Crippen LogP contribution in [-0.4, -0.2) is 12.7 Å². The molecule has 2 aromatic carbocycles. The summed E-state index contributed by atoms with van der Waals surface area (Å²) >= 11 is 0. The van der Waals surface area contributed by atoms with Gasteiger partial charge in [-0.25, -0.2) is 0 Å². The van der Waals surface area contributed by atoms with Gasteiger partial charge in [0.15, 0.2) is 0 Å². The van der Waals surface area contributed by atoms with Crippen molar-refractivity contribution in [1.29, 1.82) is 0 Å². The second-order valence-corrected chi connectivity index (χ2v) is 5.47. The van der Waals surface area contributed by atoms with E-state index in [0.29, 0.717) is 0 Å². The van der Waals surface area contributed by atoms with Crippen LogP contribution >= 0.6 is 0 Å². The molecule has 0 saturated heterocycles. The van der Waals surface area contributed by atoms with Gasteiger partial charge in [-0.15, -0.1) is 0 Å². The Morgan fingerprint density at radius 1 is 1.05 bits per heavy atom. The molecule has 0 radical (unpaired) electrons. The lowest BCUT2D eigenvalue weighted by molar-refractivity contribution is -0.126. The van der Waals surface area contributed by atoms with E-state index in [9.17, 15) is 13.2 Å². The Bertz CT molecular complexity index is 661. The van der Waals surface area contributed by atoms with Crippen LogP contribution in [0, 0.1) is 0 Å². The fourth-order valence-corrected chi connectivity index (χ4v) is 2.82. The minimum atomic E-state index is -4.18. The molecule has 1 atom stereocenters. The molecule has 1 aliphatic carbocycles. The van der Waals surface area contributed by atoms with Crippen molar-refractivity contribution in [1.82, 2.24) is 5.32 Å². The van der Waals surface area contributed by atoms with Crippen LogP contribution in [-0.2, 0) is 6.42 Å². The highest BCUT2D eigenvalue weighted by Crippen LogP contribution is 2.37. The van der Waals surface area contributed by atoms with Crippen LogP contribution < -0.4 is 5.32 Å². The topological polar surface area (TPSA) is 12.0 Å². The van der Waals surface area contributed by atoms with Gasteiger partial charge in [0.2, 0.25) is 0 Å². The Labute approximate surface area is 121 Å². The molecule has 0 aromatic heterocycles. The minimum absolute atomic E-state index is 0.319. The van der Waals surface area contributed by atoms with Gasteiger partial charge in [0.05, 0.1) is 6.54 Å². The van der Waals surface area contributed by atoms with Gasteiger partial charge in [-0.3, -0.25) is 0 Å². The molecule has 0 heterocycles. The molecule has 0 fully saturated rings. The third-order valence-corrected chi connectivity index (χ3v) is 3.93. The monoisotopic (exact) mass is 291 g/mol. The van der Waals surface area contributed by atoms with Crippen LogP contribution in [0.2, 0.25) is 0 Å². The van der Waals surface area contributed by atoms with Crippen LogP contribution in [0.25, 0.3) is 11.1 Å². The van der Waals surface area contributed by atoms with Gasteiger partial charge in [0, 0.05) is 6.04 Å². The van der Waals surface area contributed by atoms with Crippen LogP contribution in [0.5, 0.6) is 0 Å². The molecule has 1 unspecified atom stereocenters. The maximum atomic E-state index is 12.3. The number of benzene rings is 2. The van der Waals surface area contributed by atoms with E-state index in [1.165, 1.54) is 22.3 Å². The largest absolute Gasteiger partial charge is 0.401 e. The van der Waals surface area contributed by atoms with Crippen molar-refractivity contribution in [2.24, 2.45) is 0 Å². The van der Waals surface area contributed by atoms with E-state index in [-0.39, 0.29) is 6.04 Å². The SMILES string of the molecule is CC(NCC(F)(F)F)c1ccc2c(c1)Cc1ccccc1-2. The summed E-state index contributed by atoms with van der Waals surface area (Å²) in [5.74, 6) is 0. The molecule has 110 valence electrons. The fourth-order valence-electron chi connectivity index (χ4n) is 2.82. The number of hydrogen-bond donors (Lipinski definition) is 1. The Morgan fingerprint density at radius 3 is 2.52 bits per heavy atom. The standard InChI is InChI=1S/C17H16F3N/c1-11(21-10-17(18,19)20)12-6-7-16-14(8-12)9-13-4-2-3-5-15(13)16/h2-8,11,21H,9-10H2,1H3. The summed E-state index contributed by atoms with van der Waals surface area (Å²) in [7, 11) is 0. The molecule has 1 aliphatic rings. The third kappa shape index (κ3) is 2.95. The molecular formula is C17H16F3N. The van der Waals surface area contributed by atoms with E-state index in [1.807, 2.05) is 30.3 Å². The molecule has 1 N–H and O–H groups in total. The average Bonchev–Trinajstić information content (AvgIpc) is 2.81.